The number of rotatable bonds is 13. The van der Waals surface area contributed by atoms with Crippen molar-refractivity contribution in [3.05, 3.63) is 54.5 Å². The van der Waals surface area contributed by atoms with Crippen LogP contribution in [0.2, 0.25) is 0 Å². The predicted molar refractivity (Wildman–Crippen MR) is 150 cm³/mol. The number of aromatic nitrogens is 3. The Morgan fingerprint density at radius 3 is 2.57 bits per heavy atom. The van der Waals surface area contributed by atoms with E-state index < -0.39 is 50.3 Å². The summed E-state index contributed by atoms with van der Waals surface area (Å²) < 4.78 is 34.7. The highest BCUT2D eigenvalue weighted by molar-refractivity contribution is 7.51. The number of hydrogen-bond donors (Lipinski definition) is 4. The van der Waals surface area contributed by atoms with Gasteiger partial charge in [0.25, 0.3) is 0 Å². The summed E-state index contributed by atoms with van der Waals surface area (Å²) in [6.07, 6.45) is -2.25. The van der Waals surface area contributed by atoms with Crippen LogP contribution in [0.5, 0.6) is 5.75 Å². The number of nitriles is 1. The Balaban J connectivity index is 1.68. The fourth-order valence-corrected chi connectivity index (χ4v) is 6.88. The first-order valence-corrected chi connectivity index (χ1v) is 15.0. The number of fused-ring (bicyclic) bond motifs is 1. The molecule has 1 saturated heterocycles. The maximum absolute atomic E-state index is 14.5. The number of aliphatic carboxylic acids is 1. The molecule has 14 nitrogen and oxygen atoms in total. The molecule has 1 aliphatic rings. The molecule has 15 heteroatoms. The molecule has 42 heavy (non-hydrogen) atoms. The second-order valence-electron chi connectivity index (χ2n) is 10.1. The van der Waals surface area contributed by atoms with Crippen LogP contribution in [0.15, 0.2) is 48.8 Å². The molecule has 1 unspecified atom stereocenters. The number of aliphatic hydroxyl groups excluding tert-OH is 2. The van der Waals surface area contributed by atoms with Gasteiger partial charge in [0.1, 0.15) is 48.0 Å². The lowest BCUT2D eigenvalue weighted by Gasteiger charge is -2.35. The molecule has 0 radical (unpaired) electrons. The normalized spacial score (nSPS) is 24.5. The van der Waals surface area contributed by atoms with Gasteiger partial charge in [0, 0.05) is 6.54 Å². The van der Waals surface area contributed by atoms with Crippen LogP contribution >= 0.6 is 7.75 Å². The average Bonchev–Trinajstić information content (AvgIpc) is 3.53. The molecule has 0 amide bonds. The summed E-state index contributed by atoms with van der Waals surface area (Å²) in [5.74, 6) is -0.967. The fourth-order valence-electron chi connectivity index (χ4n) is 4.89. The van der Waals surface area contributed by atoms with Gasteiger partial charge >= 0.3 is 13.7 Å². The smallest absolute Gasteiger partial charge is 0.462 e. The number of para-hydroxylation sites is 1. The van der Waals surface area contributed by atoms with Crippen LogP contribution in [0.1, 0.15) is 39.3 Å². The van der Waals surface area contributed by atoms with Crippen LogP contribution < -0.4 is 10.3 Å². The van der Waals surface area contributed by atoms with Gasteiger partial charge in [-0.3, -0.25) is 9.32 Å². The Bertz CT molecular complexity index is 1480. The molecule has 1 aromatic carbocycles. The number of hydrogen-bond acceptors (Lipinski definition) is 11. The molecule has 5 N–H and O–H groups in total. The molecule has 1 aliphatic heterocycles. The standard InChI is InChI=1S/C27H35N6O8P/c1-4-18(5-2)13-32(17(3)26(36)37)42(38,41-19-9-7-6-8-10-19)39-14-21-23(34)24(35)27(15-28,40-21)22-12-11-20-25(29)30-16-31-33(20)22/h6-12,16-18,21,23-24,34-35H,4-5,13-14H2,1-3H3,(H,36,37)(H2,29,30,31)/t17-,21+,23+,24+,27-,42?/m0/s1. The third-order valence-electron chi connectivity index (χ3n) is 7.57. The summed E-state index contributed by atoms with van der Waals surface area (Å²) in [6.45, 7) is 4.73. The highest BCUT2D eigenvalue weighted by Gasteiger charge is 2.58. The van der Waals surface area contributed by atoms with E-state index in [9.17, 15) is 29.9 Å². The molecule has 226 valence electrons. The lowest BCUT2D eigenvalue weighted by Crippen LogP contribution is -2.42. The van der Waals surface area contributed by atoms with E-state index in [1.54, 1.807) is 36.4 Å². The molecule has 2 aromatic heterocycles. The second kappa shape index (κ2) is 12.7. The summed E-state index contributed by atoms with van der Waals surface area (Å²) in [7, 11) is -4.44. The van der Waals surface area contributed by atoms with Crippen molar-refractivity contribution in [2.45, 2.75) is 63.6 Å². The van der Waals surface area contributed by atoms with E-state index in [2.05, 4.69) is 10.1 Å². The lowest BCUT2D eigenvalue weighted by atomic mass is 9.92. The van der Waals surface area contributed by atoms with Gasteiger partial charge in [0.2, 0.25) is 5.60 Å². The van der Waals surface area contributed by atoms with Crippen molar-refractivity contribution >= 4 is 25.1 Å². The quantitative estimate of drug-likeness (QED) is 0.208. The van der Waals surface area contributed by atoms with Gasteiger partial charge < -0.3 is 30.3 Å². The van der Waals surface area contributed by atoms with Crippen molar-refractivity contribution in [1.82, 2.24) is 19.3 Å². The Morgan fingerprint density at radius 2 is 1.95 bits per heavy atom. The number of aliphatic hydroxyl groups is 2. The molecule has 0 aliphatic carbocycles. The lowest BCUT2D eigenvalue weighted by molar-refractivity contribution is -0.141. The molecular formula is C27H35N6O8P. The molecule has 3 aromatic rings. The SMILES string of the molecule is CCC(CC)CN([C@@H](C)C(=O)O)P(=O)(OC[C@H]1O[C@@](C#N)(c2ccc3c(N)ncnn23)[C@H](O)[C@@H]1O)Oc1ccccc1. The van der Waals surface area contributed by atoms with Crippen molar-refractivity contribution in [3.8, 4) is 11.8 Å². The summed E-state index contributed by atoms with van der Waals surface area (Å²) >= 11 is 0. The summed E-state index contributed by atoms with van der Waals surface area (Å²) in [6, 6.07) is 11.8. The van der Waals surface area contributed by atoms with Crippen LogP contribution in [0.3, 0.4) is 0 Å². The molecule has 1 fully saturated rings. The van der Waals surface area contributed by atoms with Crippen molar-refractivity contribution in [1.29, 1.82) is 5.26 Å². The van der Waals surface area contributed by atoms with Gasteiger partial charge in [-0.1, -0.05) is 44.9 Å². The van der Waals surface area contributed by atoms with E-state index in [0.29, 0.717) is 18.4 Å². The zero-order valence-corrected chi connectivity index (χ0v) is 24.4. The largest absolute Gasteiger partial charge is 0.480 e. The summed E-state index contributed by atoms with van der Waals surface area (Å²) in [5, 5.41) is 46.2. The van der Waals surface area contributed by atoms with Crippen LogP contribution in [0, 0.1) is 17.2 Å². The fraction of sp³-hybridized carbons (Fsp3) is 0.481. The van der Waals surface area contributed by atoms with Crippen molar-refractivity contribution in [3.63, 3.8) is 0 Å². The van der Waals surface area contributed by atoms with E-state index in [1.807, 2.05) is 19.9 Å². The maximum Gasteiger partial charge on any atom is 0.462 e. The predicted octanol–water partition coefficient (Wildman–Crippen LogP) is 2.57. The number of nitrogen functional groups attached to an aromatic ring is 1. The Hall–Kier alpha value is -3.57. The maximum atomic E-state index is 14.5. The number of anilines is 1. The second-order valence-corrected chi connectivity index (χ2v) is 12.0. The first-order chi connectivity index (χ1) is 20.0. The topological polar surface area (TPSA) is 206 Å². The highest BCUT2D eigenvalue weighted by atomic mass is 31.2. The highest BCUT2D eigenvalue weighted by Crippen LogP contribution is 2.54. The zero-order chi connectivity index (χ0) is 30.7. The minimum Gasteiger partial charge on any atom is -0.480 e. The molecule has 3 heterocycles. The first-order valence-electron chi connectivity index (χ1n) is 13.5. The third-order valence-corrected chi connectivity index (χ3v) is 9.63. The Labute approximate surface area is 242 Å². The molecule has 0 spiro atoms. The van der Waals surface area contributed by atoms with Gasteiger partial charge in [-0.15, -0.1) is 0 Å². The van der Waals surface area contributed by atoms with E-state index in [-0.39, 0.29) is 29.7 Å². The average molecular weight is 603 g/mol. The molecule has 4 rings (SSSR count). The van der Waals surface area contributed by atoms with E-state index in [1.165, 1.54) is 28.5 Å². The number of carboxylic acids is 1. The zero-order valence-electron chi connectivity index (χ0n) is 23.5. The first kappa shape index (κ1) is 31.4. The van der Waals surface area contributed by atoms with Gasteiger partial charge in [-0.25, -0.2) is 14.1 Å². The molecule has 0 saturated carbocycles. The number of nitrogens with zero attached hydrogens (tertiary/aromatic N) is 5. The van der Waals surface area contributed by atoms with Crippen molar-refractivity contribution in [2.24, 2.45) is 5.92 Å². The minimum absolute atomic E-state index is 0.0263. The van der Waals surface area contributed by atoms with Crippen LogP contribution in [-0.2, 0) is 24.2 Å². The Kier molecular flexibility index (Phi) is 9.52. The van der Waals surface area contributed by atoms with Crippen LogP contribution in [0.25, 0.3) is 5.52 Å². The number of carboxylic acid groups (broad SMARTS) is 1. The Morgan fingerprint density at radius 1 is 1.26 bits per heavy atom. The van der Waals surface area contributed by atoms with Crippen LogP contribution in [0.4, 0.5) is 5.82 Å². The summed E-state index contributed by atoms with van der Waals surface area (Å²) in [4.78, 5) is 16.0. The summed E-state index contributed by atoms with van der Waals surface area (Å²) in [5.41, 5.74) is 4.25. The van der Waals surface area contributed by atoms with E-state index in [0.717, 1.165) is 0 Å². The van der Waals surface area contributed by atoms with Gasteiger partial charge in [0.05, 0.1) is 12.3 Å². The molecule has 6 atom stereocenters. The molecular weight excluding hydrogens is 567 g/mol. The van der Waals surface area contributed by atoms with Crippen molar-refractivity contribution < 1.29 is 38.5 Å². The minimum atomic E-state index is -4.44. The van der Waals surface area contributed by atoms with Crippen molar-refractivity contribution in [2.75, 3.05) is 18.9 Å². The third kappa shape index (κ3) is 5.85. The van der Waals surface area contributed by atoms with Crippen LogP contribution in [-0.4, -0.2) is 78.1 Å². The monoisotopic (exact) mass is 602 g/mol. The van der Waals surface area contributed by atoms with Gasteiger partial charge in [-0.05, 0) is 37.1 Å². The van der Waals surface area contributed by atoms with E-state index >= 15 is 0 Å². The number of nitrogens with two attached hydrogens (primary N) is 1. The number of carbonyl (C=O) groups is 1. The van der Waals surface area contributed by atoms with E-state index in [4.69, 9.17) is 19.5 Å². The van der Waals surface area contributed by atoms with Gasteiger partial charge in [0.15, 0.2) is 5.82 Å². The number of ether oxygens (including phenoxy) is 1. The van der Waals surface area contributed by atoms with Gasteiger partial charge in [-0.2, -0.15) is 15.0 Å². The number of benzene rings is 1. The molecule has 0 bridgehead atoms.